The van der Waals surface area contributed by atoms with Crippen molar-refractivity contribution in [1.29, 1.82) is 0 Å². The summed E-state index contributed by atoms with van der Waals surface area (Å²) in [6.45, 7) is 3.53. The molecule has 1 heterocycles. The first-order valence-electron chi connectivity index (χ1n) is 5.82. The van der Waals surface area contributed by atoms with Crippen LogP contribution in [0.25, 0.3) is 0 Å². The lowest BCUT2D eigenvalue weighted by molar-refractivity contribution is 0.447. The van der Waals surface area contributed by atoms with E-state index in [4.69, 9.17) is 10.2 Å². The van der Waals surface area contributed by atoms with E-state index in [1.54, 1.807) is 13.0 Å². The van der Waals surface area contributed by atoms with Crippen molar-refractivity contribution in [2.45, 2.75) is 26.3 Å². The predicted octanol–water partition coefficient (Wildman–Crippen LogP) is 3.48. The minimum atomic E-state index is -0.718. The molecule has 0 aliphatic heterocycles. The van der Waals surface area contributed by atoms with Crippen molar-refractivity contribution in [1.82, 2.24) is 0 Å². The van der Waals surface area contributed by atoms with Crippen molar-refractivity contribution in [3.8, 4) is 0 Å². The average Bonchev–Trinajstić information content (AvgIpc) is 2.81. The van der Waals surface area contributed by atoms with E-state index in [0.29, 0.717) is 11.3 Å². The van der Waals surface area contributed by atoms with Crippen molar-refractivity contribution < 1.29 is 13.2 Å². The molecule has 4 heteroatoms. The van der Waals surface area contributed by atoms with Crippen LogP contribution in [-0.2, 0) is 6.42 Å². The van der Waals surface area contributed by atoms with Crippen molar-refractivity contribution in [2.75, 3.05) is 0 Å². The van der Waals surface area contributed by atoms with Crippen LogP contribution in [0.4, 0.5) is 8.78 Å². The summed E-state index contributed by atoms with van der Waals surface area (Å²) in [7, 11) is 0. The lowest BCUT2D eigenvalue weighted by atomic mass is 10.0. The van der Waals surface area contributed by atoms with Crippen molar-refractivity contribution in [3.05, 3.63) is 58.5 Å². The van der Waals surface area contributed by atoms with E-state index < -0.39 is 17.7 Å². The summed E-state index contributed by atoms with van der Waals surface area (Å²) in [6.07, 6.45) is 0.748. The molecule has 96 valence electrons. The minimum Gasteiger partial charge on any atom is -0.464 e. The summed E-state index contributed by atoms with van der Waals surface area (Å²) in [4.78, 5) is 0. The van der Waals surface area contributed by atoms with Gasteiger partial charge in [-0.05, 0) is 30.7 Å². The lowest BCUT2D eigenvalue weighted by Gasteiger charge is -2.12. The Balaban J connectivity index is 2.39. The van der Waals surface area contributed by atoms with Gasteiger partial charge in [0.15, 0.2) is 0 Å². The Morgan fingerprint density at radius 2 is 1.94 bits per heavy atom. The average molecular weight is 251 g/mol. The molecule has 2 N–H and O–H groups in total. The zero-order chi connectivity index (χ0) is 13.3. The highest BCUT2D eigenvalue weighted by molar-refractivity contribution is 5.32. The van der Waals surface area contributed by atoms with Crippen molar-refractivity contribution in [3.63, 3.8) is 0 Å². The zero-order valence-electron chi connectivity index (χ0n) is 10.3. The van der Waals surface area contributed by atoms with Gasteiger partial charge >= 0.3 is 0 Å². The first kappa shape index (κ1) is 12.8. The standard InChI is InChI=1S/C14H15F2NO/c1-3-9-4-5-13(18-9)14(17)10-6-8(2)11(15)7-12(10)16/h4-7,14H,3,17H2,1-2H3. The summed E-state index contributed by atoms with van der Waals surface area (Å²) in [5.74, 6) is 0.0497. The first-order valence-corrected chi connectivity index (χ1v) is 5.82. The van der Waals surface area contributed by atoms with E-state index in [-0.39, 0.29) is 5.56 Å². The van der Waals surface area contributed by atoms with Crippen LogP contribution >= 0.6 is 0 Å². The van der Waals surface area contributed by atoms with E-state index in [0.717, 1.165) is 18.2 Å². The summed E-state index contributed by atoms with van der Waals surface area (Å²) in [5, 5.41) is 0. The maximum Gasteiger partial charge on any atom is 0.131 e. The minimum absolute atomic E-state index is 0.242. The molecular weight excluding hydrogens is 236 g/mol. The maximum atomic E-state index is 13.7. The van der Waals surface area contributed by atoms with Crippen LogP contribution in [0, 0.1) is 18.6 Å². The maximum absolute atomic E-state index is 13.7. The van der Waals surface area contributed by atoms with Gasteiger partial charge in [0.2, 0.25) is 0 Å². The molecule has 1 aromatic heterocycles. The molecule has 0 saturated heterocycles. The Morgan fingerprint density at radius 1 is 1.22 bits per heavy atom. The predicted molar refractivity (Wildman–Crippen MR) is 65.2 cm³/mol. The fourth-order valence-corrected chi connectivity index (χ4v) is 1.82. The Morgan fingerprint density at radius 3 is 2.56 bits per heavy atom. The molecule has 1 unspecified atom stereocenters. The molecule has 0 spiro atoms. The Hall–Kier alpha value is -1.68. The quantitative estimate of drug-likeness (QED) is 0.907. The summed E-state index contributed by atoms with van der Waals surface area (Å²) >= 11 is 0. The van der Waals surface area contributed by atoms with Gasteiger partial charge in [-0.25, -0.2) is 8.78 Å². The van der Waals surface area contributed by atoms with Crippen LogP contribution in [0.15, 0.2) is 28.7 Å². The number of rotatable bonds is 3. The van der Waals surface area contributed by atoms with Gasteiger partial charge in [0.25, 0.3) is 0 Å². The number of hydrogen-bond acceptors (Lipinski definition) is 2. The Kier molecular flexibility index (Phi) is 3.48. The SMILES string of the molecule is CCc1ccc(C(N)c2cc(C)c(F)cc2F)o1. The molecule has 0 saturated carbocycles. The number of halogens is 2. The van der Waals surface area contributed by atoms with E-state index in [1.807, 2.05) is 13.0 Å². The second-order valence-corrected chi connectivity index (χ2v) is 4.26. The van der Waals surface area contributed by atoms with Gasteiger partial charge < -0.3 is 10.2 Å². The van der Waals surface area contributed by atoms with Crippen LogP contribution in [0.2, 0.25) is 0 Å². The third-order valence-electron chi connectivity index (χ3n) is 2.95. The molecule has 1 atom stereocenters. The fraction of sp³-hybridized carbons (Fsp3) is 0.286. The highest BCUT2D eigenvalue weighted by atomic mass is 19.1. The largest absolute Gasteiger partial charge is 0.464 e. The number of aryl methyl sites for hydroxylation is 2. The second-order valence-electron chi connectivity index (χ2n) is 4.26. The third-order valence-corrected chi connectivity index (χ3v) is 2.95. The Bertz CT molecular complexity index is 563. The molecule has 0 radical (unpaired) electrons. The summed E-state index contributed by atoms with van der Waals surface area (Å²) in [5.41, 5.74) is 6.55. The van der Waals surface area contributed by atoms with Crippen molar-refractivity contribution in [2.24, 2.45) is 5.73 Å². The number of hydrogen-bond donors (Lipinski definition) is 1. The first-order chi connectivity index (χ1) is 8.52. The highest BCUT2D eigenvalue weighted by Crippen LogP contribution is 2.26. The highest BCUT2D eigenvalue weighted by Gasteiger charge is 2.18. The van der Waals surface area contributed by atoms with Gasteiger partial charge in [-0.1, -0.05) is 6.92 Å². The van der Waals surface area contributed by atoms with Crippen LogP contribution in [0.5, 0.6) is 0 Å². The molecule has 0 bridgehead atoms. The Labute approximate surface area is 104 Å². The number of nitrogens with two attached hydrogens (primary N) is 1. The lowest BCUT2D eigenvalue weighted by Crippen LogP contribution is -2.13. The molecule has 0 aliphatic carbocycles. The monoisotopic (exact) mass is 251 g/mol. The molecule has 2 rings (SSSR count). The smallest absolute Gasteiger partial charge is 0.131 e. The van der Waals surface area contributed by atoms with Gasteiger partial charge in [-0.3, -0.25) is 0 Å². The molecular formula is C14H15F2NO. The van der Waals surface area contributed by atoms with E-state index in [9.17, 15) is 8.78 Å². The molecule has 2 nitrogen and oxygen atoms in total. The van der Waals surface area contributed by atoms with E-state index >= 15 is 0 Å². The van der Waals surface area contributed by atoms with Crippen LogP contribution in [0.1, 0.15) is 35.6 Å². The van der Waals surface area contributed by atoms with E-state index in [1.165, 1.54) is 6.07 Å². The topological polar surface area (TPSA) is 39.2 Å². The molecule has 0 amide bonds. The number of furan rings is 1. The van der Waals surface area contributed by atoms with Gasteiger partial charge in [-0.15, -0.1) is 0 Å². The van der Waals surface area contributed by atoms with Crippen LogP contribution in [0.3, 0.4) is 0 Å². The third kappa shape index (κ3) is 2.29. The molecule has 2 aromatic rings. The van der Waals surface area contributed by atoms with E-state index in [2.05, 4.69) is 0 Å². The van der Waals surface area contributed by atoms with Gasteiger partial charge in [0.05, 0.1) is 6.04 Å². The van der Waals surface area contributed by atoms with Gasteiger partial charge in [-0.2, -0.15) is 0 Å². The molecule has 0 fully saturated rings. The van der Waals surface area contributed by atoms with Gasteiger partial charge in [0.1, 0.15) is 23.2 Å². The fourth-order valence-electron chi connectivity index (χ4n) is 1.82. The van der Waals surface area contributed by atoms with Crippen molar-refractivity contribution >= 4 is 0 Å². The second kappa shape index (κ2) is 4.90. The summed E-state index contributed by atoms with van der Waals surface area (Å²) in [6, 6.07) is 5.09. The normalized spacial score (nSPS) is 12.7. The number of benzene rings is 1. The molecule has 1 aromatic carbocycles. The van der Waals surface area contributed by atoms with Gasteiger partial charge in [0, 0.05) is 18.1 Å². The molecule has 18 heavy (non-hydrogen) atoms. The summed E-state index contributed by atoms with van der Waals surface area (Å²) < 4.78 is 32.4. The van der Waals surface area contributed by atoms with Crippen LogP contribution < -0.4 is 5.73 Å². The zero-order valence-corrected chi connectivity index (χ0v) is 10.3. The molecule has 0 aliphatic rings. The van der Waals surface area contributed by atoms with Crippen LogP contribution in [-0.4, -0.2) is 0 Å².